The van der Waals surface area contributed by atoms with Crippen molar-refractivity contribution in [2.45, 2.75) is 18.8 Å². The summed E-state index contributed by atoms with van der Waals surface area (Å²) in [6, 6.07) is 8.98. The number of halogens is 4. The number of aliphatic imine (C=N–C) groups is 1. The second kappa shape index (κ2) is 10.0. The van der Waals surface area contributed by atoms with Crippen molar-refractivity contribution in [3.05, 3.63) is 69.2 Å². The number of aromatic nitrogens is 2. The van der Waals surface area contributed by atoms with Crippen LogP contribution < -0.4 is 5.73 Å². The van der Waals surface area contributed by atoms with Crippen LogP contribution in [0.4, 0.5) is 13.2 Å². The van der Waals surface area contributed by atoms with E-state index in [0.717, 1.165) is 11.6 Å². The van der Waals surface area contributed by atoms with Crippen LogP contribution in [0.15, 0.2) is 52.5 Å². The number of fused-ring (bicyclic) bond motifs is 1. The number of aliphatic hydroxyl groups is 1. The molecule has 2 aromatic carbocycles. The van der Waals surface area contributed by atoms with Gasteiger partial charge in [0, 0.05) is 30.5 Å². The maximum Gasteiger partial charge on any atom is 0.416 e. The molecule has 7 nitrogen and oxygen atoms in total. The van der Waals surface area contributed by atoms with E-state index in [0.29, 0.717) is 21.0 Å². The van der Waals surface area contributed by atoms with Crippen LogP contribution in [0.5, 0.6) is 0 Å². The number of rotatable bonds is 6. The van der Waals surface area contributed by atoms with Crippen LogP contribution in [0.3, 0.4) is 0 Å². The largest absolute Gasteiger partial charge is 0.416 e. The van der Waals surface area contributed by atoms with Crippen molar-refractivity contribution in [1.82, 2.24) is 14.7 Å². The topological polar surface area (TPSA) is 96.7 Å². The van der Waals surface area contributed by atoms with Crippen LogP contribution in [-0.2, 0) is 17.5 Å². The molecule has 0 fully saturated rings. The Bertz CT molecular complexity index is 1340. The Morgan fingerprint density at radius 2 is 2.06 bits per heavy atom. The van der Waals surface area contributed by atoms with Crippen LogP contribution in [0.1, 0.15) is 16.7 Å². The summed E-state index contributed by atoms with van der Waals surface area (Å²) in [5.41, 5.74) is 6.06. The van der Waals surface area contributed by atoms with Crippen molar-refractivity contribution in [2.24, 2.45) is 10.7 Å². The third-order valence-electron chi connectivity index (χ3n) is 5.35. The normalized spacial score (nSPS) is 16.3. The molecule has 2 heterocycles. The smallest absolute Gasteiger partial charge is 0.390 e. The number of thioether (sulfide) groups is 1. The van der Waals surface area contributed by atoms with Crippen molar-refractivity contribution in [3.63, 3.8) is 0 Å². The monoisotopic (exact) mass is 523 g/mol. The molecule has 0 aliphatic carbocycles. The molecule has 1 aliphatic rings. The highest BCUT2D eigenvalue weighted by Crippen LogP contribution is 2.35. The molecule has 3 N–H and O–H groups in total. The van der Waals surface area contributed by atoms with E-state index in [4.69, 9.17) is 17.3 Å². The summed E-state index contributed by atoms with van der Waals surface area (Å²) in [5.74, 6) is -0.391. The van der Waals surface area contributed by atoms with Gasteiger partial charge in [0.1, 0.15) is 0 Å². The predicted molar refractivity (Wildman–Crippen MR) is 131 cm³/mol. The average molecular weight is 524 g/mol. The summed E-state index contributed by atoms with van der Waals surface area (Å²) >= 11 is 6.96. The molecule has 1 aromatic heterocycles. The minimum Gasteiger partial charge on any atom is -0.390 e. The van der Waals surface area contributed by atoms with E-state index in [2.05, 4.69) is 10.1 Å². The number of amides is 1. The second-order valence-corrected chi connectivity index (χ2v) is 9.45. The first-order valence-electron chi connectivity index (χ1n) is 10.5. The standard InChI is InChI=1S/C23H21ClF3N5O2S/c1-31(12-17(33)9-28)22-30-21(34)20(35-22)7-13-2-5-19-15(6-13)10-29-32(19)11-14-3-4-16(24)8-18(14)23(25,26)27/h2-8,10,17,33H,9,11-12,28H2,1H3. The van der Waals surface area contributed by atoms with Gasteiger partial charge in [-0.1, -0.05) is 23.7 Å². The Hall–Kier alpha value is -2.86. The highest BCUT2D eigenvalue weighted by atomic mass is 35.5. The van der Waals surface area contributed by atoms with Gasteiger partial charge < -0.3 is 15.7 Å². The number of carbonyl (C=O) groups is 1. The summed E-state index contributed by atoms with van der Waals surface area (Å²) in [7, 11) is 1.71. The van der Waals surface area contributed by atoms with Crippen molar-refractivity contribution in [1.29, 1.82) is 0 Å². The third-order valence-corrected chi connectivity index (χ3v) is 6.69. The van der Waals surface area contributed by atoms with Gasteiger partial charge in [-0.25, -0.2) is 0 Å². The maximum atomic E-state index is 13.5. The number of hydrogen-bond donors (Lipinski definition) is 2. The van der Waals surface area contributed by atoms with Crippen LogP contribution in [-0.4, -0.2) is 57.1 Å². The molecular weight excluding hydrogens is 503 g/mol. The van der Waals surface area contributed by atoms with Gasteiger partial charge in [-0.3, -0.25) is 9.48 Å². The Labute approximate surface area is 208 Å². The number of alkyl halides is 3. The molecule has 0 spiro atoms. The number of nitrogens with zero attached hydrogens (tertiary/aromatic N) is 4. The minimum atomic E-state index is -4.54. The summed E-state index contributed by atoms with van der Waals surface area (Å²) < 4.78 is 41.8. The lowest BCUT2D eigenvalue weighted by Gasteiger charge is -2.20. The number of amidine groups is 1. The first kappa shape index (κ1) is 25.2. The van der Waals surface area contributed by atoms with Crippen LogP contribution in [0.2, 0.25) is 5.02 Å². The van der Waals surface area contributed by atoms with Crippen LogP contribution in [0.25, 0.3) is 17.0 Å². The summed E-state index contributed by atoms with van der Waals surface area (Å²) in [6.45, 7) is 0.266. The molecule has 1 atom stereocenters. The van der Waals surface area contributed by atoms with Gasteiger partial charge in [0.25, 0.3) is 5.91 Å². The van der Waals surface area contributed by atoms with Gasteiger partial charge in [0.2, 0.25) is 0 Å². The fourth-order valence-corrected chi connectivity index (χ4v) is 4.67. The maximum absolute atomic E-state index is 13.5. The molecule has 0 saturated carbocycles. The first-order valence-corrected chi connectivity index (χ1v) is 11.7. The van der Waals surface area contributed by atoms with Gasteiger partial charge in [0.05, 0.1) is 34.8 Å². The highest BCUT2D eigenvalue weighted by Gasteiger charge is 2.33. The van der Waals surface area contributed by atoms with Gasteiger partial charge in [0.15, 0.2) is 5.17 Å². The van der Waals surface area contributed by atoms with Crippen molar-refractivity contribution in [2.75, 3.05) is 20.1 Å². The van der Waals surface area contributed by atoms with Crippen molar-refractivity contribution in [3.8, 4) is 0 Å². The predicted octanol–water partition coefficient (Wildman–Crippen LogP) is 3.98. The zero-order chi connectivity index (χ0) is 25.3. The molecule has 4 rings (SSSR count). The molecular formula is C23H21ClF3N5O2S. The van der Waals surface area contributed by atoms with Crippen molar-refractivity contribution >= 4 is 51.4 Å². The molecule has 0 saturated heterocycles. The van der Waals surface area contributed by atoms with E-state index in [9.17, 15) is 23.1 Å². The summed E-state index contributed by atoms with van der Waals surface area (Å²) in [4.78, 5) is 18.5. The quantitative estimate of drug-likeness (QED) is 0.474. The molecule has 1 aliphatic heterocycles. The van der Waals surface area contributed by atoms with Crippen LogP contribution in [0, 0.1) is 0 Å². The fourth-order valence-electron chi connectivity index (χ4n) is 3.61. The molecule has 35 heavy (non-hydrogen) atoms. The average Bonchev–Trinajstić information content (AvgIpc) is 3.37. The molecule has 1 amide bonds. The molecule has 1 unspecified atom stereocenters. The Morgan fingerprint density at radius 1 is 1.29 bits per heavy atom. The van der Waals surface area contributed by atoms with Gasteiger partial charge >= 0.3 is 6.18 Å². The lowest BCUT2D eigenvalue weighted by Crippen LogP contribution is -2.36. The molecule has 0 radical (unpaired) electrons. The third kappa shape index (κ3) is 5.69. The number of likely N-dealkylation sites (N-methyl/N-ethyl adjacent to an activating group) is 1. The van der Waals surface area contributed by atoms with E-state index < -0.39 is 23.8 Å². The van der Waals surface area contributed by atoms with E-state index in [-0.39, 0.29) is 30.2 Å². The SMILES string of the molecule is CN(CC(O)CN)C1=NC(=O)C(=Cc2ccc3c(cnn3Cc3ccc(Cl)cc3C(F)(F)F)c2)S1. The number of aliphatic hydroxyl groups excluding tert-OH is 1. The molecule has 12 heteroatoms. The Balaban J connectivity index is 1.55. The zero-order valence-corrected chi connectivity index (χ0v) is 20.0. The zero-order valence-electron chi connectivity index (χ0n) is 18.5. The van der Waals surface area contributed by atoms with Crippen molar-refractivity contribution < 1.29 is 23.1 Å². The number of carbonyl (C=O) groups excluding carboxylic acids is 1. The first-order chi connectivity index (χ1) is 16.5. The molecule has 184 valence electrons. The Kier molecular flexibility index (Phi) is 7.22. The molecule has 0 bridgehead atoms. The number of hydrogen-bond acceptors (Lipinski definition) is 6. The van der Waals surface area contributed by atoms with E-state index in [1.165, 1.54) is 28.6 Å². The number of nitrogens with two attached hydrogens (primary N) is 1. The lowest BCUT2D eigenvalue weighted by molar-refractivity contribution is -0.138. The van der Waals surface area contributed by atoms with E-state index >= 15 is 0 Å². The van der Waals surface area contributed by atoms with Gasteiger partial charge in [-0.2, -0.15) is 23.3 Å². The highest BCUT2D eigenvalue weighted by molar-refractivity contribution is 8.18. The summed E-state index contributed by atoms with van der Waals surface area (Å²) in [5, 5.41) is 15.2. The van der Waals surface area contributed by atoms with Gasteiger partial charge in [-0.05, 0) is 53.2 Å². The van der Waals surface area contributed by atoms with E-state index in [1.54, 1.807) is 42.4 Å². The van der Waals surface area contributed by atoms with Gasteiger partial charge in [-0.15, -0.1) is 0 Å². The molecule has 3 aromatic rings. The fraction of sp³-hybridized carbons (Fsp3) is 0.261. The lowest BCUT2D eigenvalue weighted by atomic mass is 10.1. The van der Waals surface area contributed by atoms with Crippen LogP contribution >= 0.6 is 23.4 Å². The number of benzene rings is 2. The van der Waals surface area contributed by atoms with E-state index in [1.807, 2.05) is 0 Å². The minimum absolute atomic E-state index is 0.0114. The Morgan fingerprint density at radius 3 is 2.77 bits per heavy atom. The second-order valence-electron chi connectivity index (χ2n) is 8.00. The summed E-state index contributed by atoms with van der Waals surface area (Å²) in [6.07, 6.45) is -2.01.